The van der Waals surface area contributed by atoms with E-state index in [9.17, 15) is 18.0 Å². The Balaban J connectivity index is 1.42. The average Bonchev–Trinajstić information content (AvgIpc) is 3.52. The molecule has 13 heteroatoms. The lowest BCUT2D eigenvalue weighted by Crippen LogP contribution is -2.35. The normalized spacial score (nSPS) is 14.5. The molecule has 0 spiro atoms. The maximum Gasteiger partial charge on any atom is 0.417 e. The third-order valence-electron chi connectivity index (χ3n) is 6.93. The number of ether oxygens (including phenoxy) is 1. The number of anilines is 1. The Morgan fingerprint density at radius 2 is 1.90 bits per heavy atom. The summed E-state index contributed by atoms with van der Waals surface area (Å²) in [6.45, 7) is 6.12. The molecule has 0 aliphatic carbocycles. The number of carbonyl (C=O) groups is 1. The van der Waals surface area contributed by atoms with E-state index >= 15 is 0 Å². The van der Waals surface area contributed by atoms with Gasteiger partial charge in [-0.1, -0.05) is 22.9 Å². The number of carbonyl (C=O) groups excluding carboxylic acids is 1. The van der Waals surface area contributed by atoms with E-state index in [4.69, 9.17) is 16.3 Å². The van der Waals surface area contributed by atoms with E-state index in [0.29, 0.717) is 37.7 Å². The first-order valence-electron chi connectivity index (χ1n) is 12.5. The number of amides is 1. The fourth-order valence-electron chi connectivity index (χ4n) is 4.53. The summed E-state index contributed by atoms with van der Waals surface area (Å²) in [5, 5.41) is 14.9. The average molecular weight is 574 g/mol. The van der Waals surface area contributed by atoms with Crippen LogP contribution < -0.4 is 5.32 Å². The standard InChI is InChI=1S/C27H27ClF3N7O2/c1-16-4-5-18(11-24(16)38-15-23(34-35-38)21-13-32-36(3)17(21)2)26(39)33-20-10-19(14-37-6-8-40-9-7-37)25(28)22(12-20)27(29,30)31/h4-5,10-13,15H,6-9,14H2,1-3H3,(H,33,39). The van der Waals surface area contributed by atoms with Crippen molar-refractivity contribution in [2.75, 3.05) is 31.6 Å². The Bertz CT molecular complexity index is 1560. The molecule has 1 aliphatic rings. The van der Waals surface area contributed by atoms with Crippen LogP contribution >= 0.6 is 11.6 Å². The lowest BCUT2D eigenvalue weighted by atomic mass is 10.1. The Morgan fingerprint density at radius 3 is 2.58 bits per heavy atom. The topological polar surface area (TPSA) is 90.1 Å². The minimum absolute atomic E-state index is 0.00204. The lowest BCUT2D eigenvalue weighted by molar-refractivity contribution is -0.137. The number of nitrogens with one attached hydrogen (secondary N) is 1. The van der Waals surface area contributed by atoms with Crippen LogP contribution in [0.1, 0.15) is 32.7 Å². The summed E-state index contributed by atoms with van der Waals surface area (Å²) in [6, 6.07) is 7.31. The number of aryl methyl sites for hydroxylation is 2. The van der Waals surface area contributed by atoms with Crippen molar-refractivity contribution in [3.05, 3.63) is 75.7 Å². The molecular weight excluding hydrogens is 547 g/mol. The highest BCUT2D eigenvalue weighted by molar-refractivity contribution is 6.32. The van der Waals surface area contributed by atoms with Gasteiger partial charge in [-0.25, -0.2) is 4.68 Å². The monoisotopic (exact) mass is 573 g/mol. The predicted octanol–water partition coefficient (Wildman–Crippen LogP) is 5.04. The molecule has 1 N–H and O–H groups in total. The second-order valence-electron chi connectivity index (χ2n) is 9.65. The summed E-state index contributed by atoms with van der Waals surface area (Å²) in [7, 11) is 1.83. The Hall–Kier alpha value is -3.74. The van der Waals surface area contributed by atoms with Crippen molar-refractivity contribution in [2.45, 2.75) is 26.6 Å². The van der Waals surface area contributed by atoms with Gasteiger partial charge in [-0.15, -0.1) is 5.10 Å². The molecule has 1 saturated heterocycles. The van der Waals surface area contributed by atoms with Gasteiger partial charge in [-0.3, -0.25) is 14.4 Å². The largest absolute Gasteiger partial charge is 0.417 e. The molecule has 0 unspecified atom stereocenters. The van der Waals surface area contributed by atoms with Crippen molar-refractivity contribution in [2.24, 2.45) is 7.05 Å². The van der Waals surface area contributed by atoms with Crippen LogP contribution in [0.25, 0.3) is 16.9 Å². The number of morpholine rings is 1. The van der Waals surface area contributed by atoms with Gasteiger partial charge in [0.1, 0.15) is 5.69 Å². The Labute approximate surface area is 233 Å². The zero-order valence-corrected chi connectivity index (χ0v) is 22.8. The van der Waals surface area contributed by atoms with Gasteiger partial charge in [-0.2, -0.15) is 18.3 Å². The van der Waals surface area contributed by atoms with E-state index in [0.717, 1.165) is 22.9 Å². The summed E-state index contributed by atoms with van der Waals surface area (Å²) >= 11 is 6.19. The molecule has 2 aromatic carbocycles. The van der Waals surface area contributed by atoms with Crippen LogP contribution in [0.3, 0.4) is 0 Å². The zero-order chi connectivity index (χ0) is 28.6. The molecule has 1 aliphatic heterocycles. The van der Waals surface area contributed by atoms with Crippen molar-refractivity contribution in [3.63, 3.8) is 0 Å². The van der Waals surface area contributed by atoms with Crippen molar-refractivity contribution in [1.82, 2.24) is 29.7 Å². The van der Waals surface area contributed by atoms with E-state index in [1.807, 2.05) is 25.8 Å². The number of halogens is 4. The van der Waals surface area contributed by atoms with E-state index in [2.05, 4.69) is 20.7 Å². The molecule has 0 bridgehead atoms. The second kappa shape index (κ2) is 11.0. The van der Waals surface area contributed by atoms with Crippen molar-refractivity contribution < 1.29 is 22.7 Å². The summed E-state index contributed by atoms with van der Waals surface area (Å²) < 4.78 is 50.1. The molecule has 0 atom stereocenters. The van der Waals surface area contributed by atoms with Crippen molar-refractivity contribution in [3.8, 4) is 16.9 Å². The van der Waals surface area contributed by atoms with Crippen LogP contribution in [0.15, 0.2) is 42.7 Å². The smallest absolute Gasteiger partial charge is 0.379 e. The predicted molar refractivity (Wildman–Crippen MR) is 144 cm³/mol. The van der Waals surface area contributed by atoms with Crippen LogP contribution in [0.4, 0.5) is 18.9 Å². The van der Waals surface area contributed by atoms with Crippen LogP contribution in [0.2, 0.25) is 5.02 Å². The molecule has 4 aromatic rings. The summed E-state index contributed by atoms with van der Waals surface area (Å²) in [6.07, 6.45) is -1.25. The third kappa shape index (κ3) is 5.74. The van der Waals surface area contributed by atoms with E-state index in [1.54, 1.807) is 40.0 Å². The molecule has 0 saturated carbocycles. The summed E-state index contributed by atoms with van der Waals surface area (Å²) in [5.74, 6) is -0.572. The van der Waals surface area contributed by atoms with Gasteiger partial charge >= 0.3 is 6.18 Å². The molecule has 0 radical (unpaired) electrons. The van der Waals surface area contributed by atoms with E-state index in [1.165, 1.54) is 6.07 Å². The molecule has 5 rings (SSSR count). The third-order valence-corrected chi connectivity index (χ3v) is 7.38. The van der Waals surface area contributed by atoms with Crippen molar-refractivity contribution >= 4 is 23.2 Å². The fourth-order valence-corrected chi connectivity index (χ4v) is 4.81. The maximum atomic E-state index is 13.8. The van der Waals surface area contributed by atoms with Crippen LogP contribution in [0.5, 0.6) is 0 Å². The summed E-state index contributed by atoms with van der Waals surface area (Å²) in [5.41, 5.74) is 3.33. The quantitative estimate of drug-likeness (QED) is 0.348. The lowest BCUT2D eigenvalue weighted by Gasteiger charge is -2.27. The molecular formula is C27H27ClF3N7O2. The second-order valence-corrected chi connectivity index (χ2v) is 10.0. The maximum absolute atomic E-state index is 13.8. The molecule has 210 valence electrons. The number of hydrogen-bond acceptors (Lipinski definition) is 6. The number of nitrogens with zero attached hydrogens (tertiary/aromatic N) is 6. The van der Waals surface area contributed by atoms with Gasteiger partial charge in [-0.05, 0) is 49.2 Å². The van der Waals surface area contributed by atoms with Gasteiger partial charge < -0.3 is 10.1 Å². The highest BCUT2D eigenvalue weighted by Crippen LogP contribution is 2.39. The first kappa shape index (κ1) is 27.8. The molecule has 1 amide bonds. The first-order valence-corrected chi connectivity index (χ1v) is 12.9. The Morgan fingerprint density at radius 1 is 1.15 bits per heavy atom. The van der Waals surface area contributed by atoms with Crippen molar-refractivity contribution in [1.29, 1.82) is 0 Å². The molecule has 1 fully saturated rings. The van der Waals surface area contributed by atoms with Gasteiger partial charge in [0.05, 0.1) is 41.9 Å². The first-order chi connectivity index (χ1) is 19.0. The number of rotatable bonds is 6. The number of benzene rings is 2. The SMILES string of the molecule is Cc1ccc(C(=O)Nc2cc(CN3CCOCC3)c(Cl)c(C(F)(F)F)c2)cc1-n1cc(-c2cnn(C)c2C)nn1. The number of hydrogen-bond donors (Lipinski definition) is 1. The van der Waals surface area contributed by atoms with Gasteiger partial charge in [0.25, 0.3) is 5.91 Å². The van der Waals surface area contributed by atoms with Gasteiger partial charge in [0, 0.05) is 49.2 Å². The molecule has 9 nitrogen and oxygen atoms in total. The molecule has 40 heavy (non-hydrogen) atoms. The minimum atomic E-state index is -4.69. The van der Waals surface area contributed by atoms with E-state index in [-0.39, 0.29) is 28.4 Å². The minimum Gasteiger partial charge on any atom is -0.379 e. The molecule has 3 heterocycles. The fraction of sp³-hybridized carbons (Fsp3) is 0.333. The zero-order valence-electron chi connectivity index (χ0n) is 22.1. The van der Waals surface area contributed by atoms with Crippen LogP contribution in [-0.4, -0.2) is 61.9 Å². The van der Waals surface area contributed by atoms with Gasteiger partial charge in [0.2, 0.25) is 0 Å². The number of aromatic nitrogens is 5. The Kier molecular flexibility index (Phi) is 7.67. The number of alkyl halides is 3. The highest BCUT2D eigenvalue weighted by Gasteiger charge is 2.35. The van der Waals surface area contributed by atoms with Crippen LogP contribution in [-0.2, 0) is 24.5 Å². The summed E-state index contributed by atoms with van der Waals surface area (Å²) in [4.78, 5) is 15.2. The van der Waals surface area contributed by atoms with Crippen LogP contribution in [0, 0.1) is 13.8 Å². The highest BCUT2D eigenvalue weighted by atomic mass is 35.5. The van der Waals surface area contributed by atoms with Gasteiger partial charge in [0.15, 0.2) is 0 Å². The van der Waals surface area contributed by atoms with E-state index < -0.39 is 17.6 Å². The molecule has 2 aromatic heterocycles.